The highest BCUT2D eigenvalue weighted by Gasteiger charge is 2.42. The molecule has 12 amide bonds. The number of likely N-dealkylation sites (N-methyl/N-ethyl adjacent to an activating group) is 5. The number of nitrogens with zero attached hydrogens (tertiary/aromatic N) is 5. The van der Waals surface area contributed by atoms with Crippen LogP contribution in [0.4, 0.5) is 0 Å². The number of amides is 12. The average Bonchev–Trinajstić information content (AvgIpc) is 1.81. The molecular weight excluding hydrogens is 1830 g/mol. The number of ketones is 3. The lowest BCUT2D eigenvalue weighted by molar-refractivity contribution is -0.151. The van der Waals surface area contributed by atoms with E-state index >= 15 is 43.2 Å². The van der Waals surface area contributed by atoms with E-state index < -0.39 is 211 Å². The summed E-state index contributed by atoms with van der Waals surface area (Å²) in [6, 6.07) is 28.8. The smallest absolute Gasteiger partial charge is 0.293 e. The molecule has 0 spiro atoms. The van der Waals surface area contributed by atoms with Gasteiger partial charge >= 0.3 is 0 Å². The van der Waals surface area contributed by atoms with Crippen molar-refractivity contribution in [2.24, 2.45) is 29.4 Å². The number of fused-ring (bicyclic) bond motifs is 1. The number of benzene rings is 6. The lowest BCUT2D eigenvalue weighted by atomic mass is 9.84. The highest BCUT2D eigenvalue weighted by molar-refractivity contribution is 9.11. The SMILES string of the molecule is CCCC[C@H]1C(=O)N(C)CC(=O)C[C@@H](COC=O)C(=O)C[C@@H](C(C)C)C(=O)N(C)[C@@H](Cc2ccccc2)C(=O)N[C@@H](Cc2cc(Br)c(O)c(Br)c2)C(=O)N(C)CC(=O)N[C@@H](Cc2c[nH]c3ccccc23)C(=O)N[C@@H](Cc2ccc(O)cc2)C(=O)N[C@@H](CC(C)C)C(=O)N[C@H](C(=O)CCC(N)=O)CSCC(=O)N[C@@H](Cc2ccccc2)C(=O)N(C)[C@@H](Cc2ccccc2)C(=O)N1C. The molecule has 0 bridgehead atoms. The Morgan fingerprint density at radius 2 is 1.03 bits per heavy atom. The number of unbranched alkanes of at least 4 members (excludes halogenated alkanes) is 1. The summed E-state index contributed by atoms with van der Waals surface area (Å²) in [5.41, 5.74) is 9.28. The molecule has 1 aromatic heterocycles. The molecular formula is C96H119Br2N13O19S. The first-order chi connectivity index (χ1) is 62.3. The molecule has 1 saturated heterocycles. The number of aromatic hydroxyl groups is 2. The summed E-state index contributed by atoms with van der Waals surface area (Å²) in [4.78, 5) is 245. The fourth-order valence-electron chi connectivity index (χ4n) is 15.7. The van der Waals surface area contributed by atoms with Crippen molar-refractivity contribution in [3.63, 3.8) is 0 Å². The number of carbonyl (C=O) groups is 16. The summed E-state index contributed by atoms with van der Waals surface area (Å²) in [6.07, 6.45) is -0.644. The Morgan fingerprint density at radius 1 is 0.527 bits per heavy atom. The van der Waals surface area contributed by atoms with E-state index in [1.165, 1.54) is 81.4 Å². The molecule has 0 saturated carbocycles. The number of hydrogen-bond acceptors (Lipinski definition) is 20. The molecule has 1 aliphatic rings. The van der Waals surface area contributed by atoms with E-state index in [1.54, 1.807) is 149 Å². The van der Waals surface area contributed by atoms with E-state index in [2.05, 4.69) is 68.7 Å². The number of ether oxygens (including phenoxy) is 1. The Kier molecular flexibility index (Phi) is 40.5. The number of para-hydroxylation sites is 1. The number of nitrogens with one attached hydrogen (secondary N) is 7. The topological polar surface area (TPSA) is 453 Å². The van der Waals surface area contributed by atoms with Crippen molar-refractivity contribution >= 4 is 149 Å². The van der Waals surface area contributed by atoms with Gasteiger partial charge in [-0.3, -0.25) is 76.7 Å². The van der Waals surface area contributed by atoms with Gasteiger partial charge in [-0.25, -0.2) is 0 Å². The van der Waals surface area contributed by atoms with Gasteiger partial charge in [0.2, 0.25) is 70.9 Å². The van der Waals surface area contributed by atoms with Gasteiger partial charge in [-0.1, -0.05) is 169 Å². The molecule has 32 nitrogen and oxygen atoms in total. The Morgan fingerprint density at radius 3 is 1.62 bits per heavy atom. The van der Waals surface area contributed by atoms with Crippen molar-refractivity contribution in [2.75, 3.05) is 66.4 Å². The second-order valence-corrected chi connectivity index (χ2v) is 36.7. The number of H-pyrrole nitrogens is 1. The van der Waals surface area contributed by atoms with Crippen molar-refractivity contribution in [1.82, 2.24) is 61.4 Å². The number of aromatic amines is 1. The molecule has 702 valence electrons. The molecule has 1 fully saturated rings. The standard InChI is InChI=1S/C96H119Br2N13O19S/c1-11-12-32-79-95(128)107(6)51-67(114)47-65(53-130-56-112)83(116)49-69(58(4)5)92(125)110(9)80(45-60-26-18-14-19-27-60)91(124)105-76(44-63-40-70(97)87(120)71(98)41-63)93(126)108(7)52-85(118)101-75(48-64-50-100-72-31-23-22-30-68(64)72)90(123)104-74(42-62-33-35-66(113)36-34-62)89(122)103-73(39-57(2)3)88(121)106-78(82(115)37-38-84(99)117)54-131-55-86(119)102-77(43-59-24-16-13-17-25-59)94(127)111(10)81(96(129)109(79)8)46-61-28-20-15-21-29-61/h13-31,33-36,40-41,50,56-58,65,69,73-81,100,113,120H,11-12,32,37-39,42-49,51-55H2,1-10H3,(H2,99,117)(H,101,118)(H,102,119)(H,103,122)(H,104,123)(H,105,124)(H,106,121)/t65-,69-,73-,74-,75-,76-,77-,78-,79-,80-,81-/m0/s1. The third kappa shape index (κ3) is 31.3. The molecule has 11 atom stereocenters. The first-order valence-electron chi connectivity index (χ1n) is 43.5. The van der Waals surface area contributed by atoms with Gasteiger partial charge in [0, 0.05) is 128 Å². The zero-order valence-electron chi connectivity index (χ0n) is 75.3. The van der Waals surface area contributed by atoms with Gasteiger partial charge in [-0.2, -0.15) is 0 Å². The third-order valence-corrected chi connectivity index (χ3v) is 25.3. The number of halogens is 2. The van der Waals surface area contributed by atoms with Gasteiger partial charge in [0.05, 0.1) is 39.7 Å². The van der Waals surface area contributed by atoms with Crippen LogP contribution in [0.5, 0.6) is 11.5 Å². The predicted octanol–water partition coefficient (Wildman–Crippen LogP) is 6.96. The van der Waals surface area contributed by atoms with Gasteiger partial charge < -0.3 is 82.1 Å². The molecule has 1 aliphatic heterocycles. The van der Waals surface area contributed by atoms with Crippen molar-refractivity contribution in [3.05, 3.63) is 200 Å². The number of nitrogens with two attached hydrogens (primary N) is 1. The zero-order valence-corrected chi connectivity index (χ0v) is 79.3. The molecule has 2 heterocycles. The fraction of sp³-hybridized carbons (Fsp3) is 0.438. The second kappa shape index (κ2) is 50.9. The van der Waals surface area contributed by atoms with Crippen LogP contribution < -0.4 is 37.6 Å². The molecule has 35 heteroatoms. The Hall–Kier alpha value is -12.1. The normalized spacial score (nSPS) is 21.9. The molecule has 11 N–H and O–H groups in total. The zero-order chi connectivity index (χ0) is 95.9. The number of thioether (sulfide) groups is 1. The number of phenolic OH excluding ortho intramolecular Hbond substituents is 2. The van der Waals surface area contributed by atoms with E-state index in [1.807, 2.05) is 6.92 Å². The Labute approximate surface area is 783 Å². The molecule has 0 aliphatic carbocycles. The number of carbonyl (C=O) groups excluding carboxylic acids is 16. The quantitative estimate of drug-likeness (QED) is 0.0258. The molecule has 6 aromatic carbocycles. The Balaban J connectivity index is 1.22. The van der Waals surface area contributed by atoms with Crippen LogP contribution in [-0.2, 0) is 120 Å². The third-order valence-electron chi connectivity index (χ3n) is 23.1. The van der Waals surface area contributed by atoms with Gasteiger partial charge in [0.15, 0.2) is 11.6 Å². The number of aromatic nitrogens is 1. The van der Waals surface area contributed by atoms with Crippen LogP contribution in [0.1, 0.15) is 119 Å². The maximum atomic E-state index is 15.6. The van der Waals surface area contributed by atoms with Gasteiger partial charge in [-0.15, -0.1) is 11.8 Å². The van der Waals surface area contributed by atoms with E-state index in [-0.39, 0.29) is 90.0 Å². The van der Waals surface area contributed by atoms with Crippen LogP contribution in [0.3, 0.4) is 0 Å². The minimum absolute atomic E-state index is 0.0681. The minimum Gasteiger partial charge on any atom is -0.508 e. The van der Waals surface area contributed by atoms with Crippen LogP contribution in [-0.4, -0.2) is 255 Å². The maximum absolute atomic E-state index is 15.6. The van der Waals surface area contributed by atoms with Crippen LogP contribution in [0.2, 0.25) is 0 Å². The second-order valence-electron chi connectivity index (χ2n) is 34.0. The predicted molar refractivity (Wildman–Crippen MR) is 501 cm³/mol. The summed E-state index contributed by atoms with van der Waals surface area (Å²) in [5.74, 6) is -16.5. The molecule has 8 rings (SSSR count). The van der Waals surface area contributed by atoms with Crippen LogP contribution in [0.25, 0.3) is 10.9 Å². The minimum atomic E-state index is -1.58. The number of rotatable bonds is 25. The number of Topliss-reactive ketones (excluding diaryl/α,β-unsaturated/α-hetero) is 3. The first kappa shape index (κ1) is 104. The summed E-state index contributed by atoms with van der Waals surface area (Å²) >= 11 is 7.60. The van der Waals surface area contributed by atoms with Gasteiger partial charge in [-0.05, 0) is 120 Å². The van der Waals surface area contributed by atoms with Gasteiger partial charge in [0.1, 0.15) is 72.2 Å². The lowest BCUT2D eigenvalue weighted by Crippen LogP contribution is -2.59. The molecule has 0 radical (unpaired) electrons. The van der Waals surface area contributed by atoms with Crippen LogP contribution in [0.15, 0.2) is 167 Å². The summed E-state index contributed by atoms with van der Waals surface area (Å²) < 4.78 is 5.55. The van der Waals surface area contributed by atoms with E-state index in [9.17, 15) is 43.8 Å². The van der Waals surface area contributed by atoms with E-state index in [0.717, 1.165) is 26.5 Å². The number of hydrogen-bond donors (Lipinski definition) is 10. The van der Waals surface area contributed by atoms with Gasteiger partial charge in [0.25, 0.3) is 6.47 Å². The highest BCUT2D eigenvalue weighted by atomic mass is 79.9. The van der Waals surface area contributed by atoms with Crippen LogP contribution in [0, 0.1) is 23.7 Å². The summed E-state index contributed by atoms with van der Waals surface area (Å²) in [5, 5.41) is 38.7. The molecule has 7 aromatic rings. The average molecular weight is 1950 g/mol. The van der Waals surface area contributed by atoms with E-state index in [0.29, 0.717) is 57.1 Å². The Bertz CT molecular complexity index is 5140. The van der Waals surface area contributed by atoms with Crippen molar-refractivity contribution < 1.29 is 91.7 Å². The van der Waals surface area contributed by atoms with Crippen molar-refractivity contribution in [1.29, 1.82) is 0 Å². The lowest BCUT2D eigenvalue weighted by Gasteiger charge is -2.37. The first-order valence-corrected chi connectivity index (χ1v) is 46.3. The van der Waals surface area contributed by atoms with Crippen molar-refractivity contribution in [3.8, 4) is 11.5 Å². The summed E-state index contributed by atoms with van der Waals surface area (Å²) in [6.45, 7) is 6.83. The number of phenols is 2. The monoisotopic (exact) mass is 1950 g/mol. The maximum Gasteiger partial charge on any atom is 0.293 e. The molecule has 131 heavy (non-hydrogen) atoms. The van der Waals surface area contributed by atoms with Crippen molar-refractivity contribution in [2.45, 2.75) is 179 Å². The highest BCUT2D eigenvalue weighted by Crippen LogP contribution is 2.35. The summed E-state index contributed by atoms with van der Waals surface area (Å²) in [7, 11) is 6.80. The fourth-order valence-corrected chi connectivity index (χ4v) is 17.8. The largest absolute Gasteiger partial charge is 0.508 e. The number of primary amides is 1. The molecule has 0 unspecified atom stereocenters. The van der Waals surface area contributed by atoms with Crippen LogP contribution >= 0.6 is 43.6 Å². The van der Waals surface area contributed by atoms with E-state index in [4.69, 9.17) is 10.5 Å².